The highest BCUT2D eigenvalue weighted by atomic mass is 15.1. The van der Waals surface area contributed by atoms with E-state index in [-0.39, 0.29) is 0 Å². The molecule has 0 fully saturated rings. The molecule has 3 nitrogen and oxygen atoms in total. The third-order valence-corrected chi connectivity index (χ3v) is 3.79. The lowest BCUT2D eigenvalue weighted by Gasteiger charge is -2.18. The fourth-order valence-electron chi connectivity index (χ4n) is 2.81. The maximum absolute atomic E-state index is 4.47. The molecule has 2 N–H and O–H groups in total. The highest BCUT2D eigenvalue weighted by Crippen LogP contribution is 2.30. The summed E-state index contributed by atoms with van der Waals surface area (Å²) in [6.07, 6.45) is 2.36. The van der Waals surface area contributed by atoms with E-state index in [1.54, 1.807) is 0 Å². The van der Waals surface area contributed by atoms with Gasteiger partial charge in [0.15, 0.2) is 0 Å². The minimum atomic E-state index is 1.05. The predicted molar refractivity (Wildman–Crippen MR) is 78.3 cm³/mol. The van der Waals surface area contributed by atoms with Gasteiger partial charge in [-0.2, -0.15) is 5.10 Å². The first-order valence-corrected chi connectivity index (χ1v) is 6.72. The van der Waals surface area contributed by atoms with Gasteiger partial charge in [-0.3, -0.25) is 5.10 Å². The Hall–Kier alpha value is -2.29. The Morgan fingerprint density at radius 3 is 3.00 bits per heavy atom. The highest BCUT2D eigenvalue weighted by molar-refractivity contribution is 5.93. The van der Waals surface area contributed by atoms with E-state index in [2.05, 4.69) is 51.9 Å². The zero-order chi connectivity index (χ0) is 12.7. The van der Waals surface area contributed by atoms with Crippen molar-refractivity contribution in [1.82, 2.24) is 10.2 Å². The molecule has 0 radical (unpaired) electrons. The highest BCUT2D eigenvalue weighted by Gasteiger charge is 2.12. The Bertz CT molecular complexity index is 743. The van der Waals surface area contributed by atoms with Crippen LogP contribution in [0, 0.1) is 0 Å². The Labute approximate surface area is 111 Å². The number of hydrogen-bond donors (Lipinski definition) is 2. The second-order valence-electron chi connectivity index (χ2n) is 5.02. The first-order valence-electron chi connectivity index (χ1n) is 6.72. The lowest BCUT2D eigenvalue weighted by atomic mass is 9.98. The van der Waals surface area contributed by atoms with Crippen molar-refractivity contribution in [3.8, 4) is 11.3 Å². The van der Waals surface area contributed by atoms with E-state index in [1.807, 2.05) is 6.07 Å². The van der Waals surface area contributed by atoms with E-state index < -0.39 is 0 Å². The Morgan fingerprint density at radius 2 is 2.00 bits per heavy atom. The molecule has 19 heavy (non-hydrogen) atoms. The molecule has 1 aromatic heterocycles. The van der Waals surface area contributed by atoms with E-state index in [4.69, 9.17) is 0 Å². The number of aryl methyl sites for hydroxylation is 1. The number of benzene rings is 2. The van der Waals surface area contributed by atoms with E-state index in [1.165, 1.54) is 28.6 Å². The third kappa shape index (κ3) is 1.70. The quantitative estimate of drug-likeness (QED) is 0.692. The monoisotopic (exact) mass is 249 g/mol. The van der Waals surface area contributed by atoms with Crippen LogP contribution in [0.3, 0.4) is 0 Å². The Balaban J connectivity index is 1.88. The lowest BCUT2D eigenvalue weighted by Crippen LogP contribution is -2.11. The number of aromatic nitrogens is 2. The maximum atomic E-state index is 4.47. The molecular weight excluding hydrogens is 234 g/mol. The van der Waals surface area contributed by atoms with Gasteiger partial charge < -0.3 is 5.32 Å². The number of para-hydroxylation sites is 1. The van der Waals surface area contributed by atoms with Crippen molar-refractivity contribution in [3.63, 3.8) is 0 Å². The minimum absolute atomic E-state index is 1.05. The number of nitrogens with one attached hydrogen (secondary N) is 2. The summed E-state index contributed by atoms with van der Waals surface area (Å²) >= 11 is 0. The van der Waals surface area contributed by atoms with Gasteiger partial charge >= 0.3 is 0 Å². The number of aromatic amines is 1. The van der Waals surface area contributed by atoms with Gasteiger partial charge in [0, 0.05) is 23.2 Å². The second kappa shape index (κ2) is 4.12. The minimum Gasteiger partial charge on any atom is -0.385 e. The summed E-state index contributed by atoms with van der Waals surface area (Å²) in [5.74, 6) is 0. The van der Waals surface area contributed by atoms with Gasteiger partial charge in [-0.25, -0.2) is 0 Å². The standard InChI is InChI=1S/C16H15N3/c1-2-6-15-13(5-1)16(19-18-15)12-7-8-14-11(10-12)4-3-9-17-14/h1-2,5-8,10,17H,3-4,9H2,(H,18,19). The second-order valence-corrected chi connectivity index (χ2v) is 5.02. The fraction of sp³-hybridized carbons (Fsp3) is 0.188. The van der Waals surface area contributed by atoms with Gasteiger partial charge in [-0.15, -0.1) is 0 Å². The molecule has 0 unspecified atom stereocenters. The summed E-state index contributed by atoms with van der Waals surface area (Å²) in [6, 6.07) is 14.9. The van der Waals surface area contributed by atoms with E-state index in [0.29, 0.717) is 0 Å². The van der Waals surface area contributed by atoms with Crippen LogP contribution in [0.15, 0.2) is 42.5 Å². The van der Waals surface area contributed by atoms with E-state index >= 15 is 0 Å². The summed E-state index contributed by atoms with van der Waals surface area (Å²) < 4.78 is 0. The lowest BCUT2D eigenvalue weighted by molar-refractivity contribution is 0.830. The Kier molecular flexibility index (Phi) is 2.30. The van der Waals surface area contributed by atoms with E-state index in [0.717, 1.165) is 24.2 Å². The maximum Gasteiger partial charge on any atom is 0.0999 e. The zero-order valence-electron chi connectivity index (χ0n) is 10.6. The fourth-order valence-corrected chi connectivity index (χ4v) is 2.81. The number of fused-ring (bicyclic) bond motifs is 2. The predicted octanol–water partition coefficient (Wildman–Crippen LogP) is 3.59. The topological polar surface area (TPSA) is 40.7 Å². The van der Waals surface area contributed by atoms with Crippen molar-refractivity contribution in [2.24, 2.45) is 0 Å². The number of rotatable bonds is 1. The van der Waals surface area contributed by atoms with Crippen LogP contribution in [0.5, 0.6) is 0 Å². The van der Waals surface area contributed by atoms with Gasteiger partial charge in [0.1, 0.15) is 0 Å². The Morgan fingerprint density at radius 1 is 1.05 bits per heavy atom. The van der Waals surface area contributed by atoms with E-state index in [9.17, 15) is 0 Å². The molecule has 0 spiro atoms. The molecule has 0 saturated carbocycles. The van der Waals surface area contributed by atoms with Crippen molar-refractivity contribution < 1.29 is 0 Å². The van der Waals surface area contributed by atoms with Crippen molar-refractivity contribution in [3.05, 3.63) is 48.0 Å². The summed E-state index contributed by atoms with van der Waals surface area (Å²) in [5.41, 5.74) is 6.00. The summed E-state index contributed by atoms with van der Waals surface area (Å²) in [5, 5.41) is 12.2. The first-order chi connectivity index (χ1) is 9.42. The molecule has 3 heteroatoms. The molecule has 0 aliphatic carbocycles. The molecule has 0 bridgehead atoms. The largest absolute Gasteiger partial charge is 0.385 e. The summed E-state index contributed by atoms with van der Waals surface area (Å²) in [7, 11) is 0. The molecule has 1 aliphatic rings. The number of anilines is 1. The van der Waals surface area contributed by atoms with Crippen LogP contribution in [0.4, 0.5) is 5.69 Å². The molecule has 2 heterocycles. The van der Waals surface area contributed by atoms with Crippen molar-refractivity contribution in [2.45, 2.75) is 12.8 Å². The van der Waals surface area contributed by atoms with Crippen LogP contribution in [0.1, 0.15) is 12.0 Å². The van der Waals surface area contributed by atoms with Gasteiger partial charge in [0.2, 0.25) is 0 Å². The summed E-state index contributed by atoms with van der Waals surface area (Å²) in [4.78, 5) is 0. The zero-order valence-corrected chi connectivity index (χ0v) is 10.6. The molecule has 0 atom stereocenters. The van der Waals surface area contributed by atoms with Crippen LogP contribution < -0.4 is 5.32 Å². The molecule has 3 aromatic rings. The number of H-pyrrole nitrogens is 1. The smallest absolute Gasteiger partial charge is 0.0999 e. The molecule has 0 saturated heterocycles. The van der Waals surface area contributed by atoms with Gasteiger partial charge in [-0.05, 0) is 36.6 Å². The SMILES string of the molecule is c1ccc2c(-c3ccc4c(c3)CCCN4)n[nH]c2c1. The molecular formula is C16H15N3. The average molecular weight is 249 g/mol. The van der Waals surface area contributed by atoms with Crippen LogP contribution in [0.2, 0.25) is 0 Å². The molecule has 0 amide bonds. The molecule has 1 aliphatic heterocycles. The first kappa shape index (κ1) is 10.6. The van der Waals surface area contributed by atoms with Crippen LogP contribution in [-0.2, 0) is 6.42 Å². The normalized spacial score (nSPS) is 14.1. The average Bonchev–Trinajstić information content (AvgIpc) is 2.91. The van der Waals surface area contributed by atoms with Gasteiger partial charge in [0.05, 0.1) is 11.2 Å². The van der Waals surface area contributed by atoms with Crippen molar-refractivity contribution in [1.29, 1.82) is 0 Å². The number of hydrogen-bond acceptors (Lipinski definition) is 2. The van der Waals surface area contributed by atoms with Crippen LogP contribution in [0.25, 0.3) is 22.2 Å². The van der Waals surface area contributed by atoms with Crippen molar-refractivity contribution >= 4 is 16.6 Å². The van der Waals surface area contributed by atoms with Gasteiger partial charge in [-0.1, -0.05) is 24.3 Å². The third-order valence-electron chi connectivity index (χ3n) is 3.79. The number of nitrogens with zero attached hydrogens (tertiary/aromatic N) is 1. The summed E-state index contributed by atoms with van der Waals surface area (Å²) in [6.45, 7) is 1.08. The molecule has 94 valence electrons. The molecule has 2 aromatic carbocycles. The van der Waals surface area contributed by atoms with Gasteiger partial charge in [0.25, 0.3) is 0 Å². The van der Waals surface area contributed by atoms with Crippen LogP contribution in [-0.4, -0.2) is 16.7 Å². The van der Waals surface area contributed by atoms with Crippen LogP contribution >= 0.6 is 0 Å². The molecule has 4 rings (SSSR count). The van der Waals surface area contributed by atoms with Crippen molar-refractivity contribution in [2.75, 3.05) is 11.9 Å².